The van der Waals surface area contributed by atoms with Gasteiger partial charge in [0.1, 0.15) is 5.60 Å². The van der Waals surface area contributed by atoms with E-state index in [1.165, 1.54) is 0 Å². The zero-order chi connectivity index (χ0) is 16.5. The molecule has 2 unspecified atom stereocenters. The molecule has 2 atom stereocenters. The van der Waals surface area contributed by atoms with Crippen molar-refractivity contribution in [2.24, 2.45) is 5.41 Å². The Kier molecular flexibility index (Phi) is 5.07. The monoisotopic (exact) mass is 312 g/mol. The molecule has 5 heteroatoms. The molecular formula is C17H32N2O3. The molecule has 1 amide bonds. The van der Waals surface area contributed by atoms with Gasteiger partial charge in [-0.15, -0.1) is 0 Å². The summed E-state index contributed by atoms with van der Waals surface area (Å²) in [7, 11) is 0. The summed E-state index contributed by atoms with van der Waals surface area (Å²) < 4.78 is 5.49. The van der Waals surface area contributed by atoms with E-state index in [2.05, 4.69) is 19.2 Å². The van der Waals surface area contributed by atoms with E-state index >= 15 is 0 Å². The molecule has 2 aliphatic rings. The number of carbonyl (C=O) groups excluding carboxylic acids is 1. The van der Waals surface area contributed by atoms with Crippen molar-refractivity contribution < 1.29 is 14.6 Å². The van der Waals surface area contributed by atoms with Crippen LogP contribution in [-0.2, 0) is 4.74 Å². The lowest BCUT2D eigenvalue weighted by Crippen LogP contribution is -2.60. The highest BCUT2D eigenvalue weighted by Gasteiger charge is 2.46. The topological polar surface area (TPSA) is 61.8 Å². The summed E-state index contributed by atoms with van der Waals surface area (Å²) in [6, 6.07) is 0.746. The minimum Gasteiger partial charge on any atom is -0.444 e. The van der Waals surface area contributed by atoms with Crippen LogP contribution in [0.15, 0.2) is 0 Å². The number of nitrogens with zero attached hydrogens (tertiary/aromatic N) is 1. The van der Waals surface area contributed by atoms with Crippen LogP contribution in [0.25, 0.3) is 0 Å². The molecule has 128 valence electrons. The molecular weight excluding hydrogens is 280 g/mol. The summed E-state index contributed by atoms with van der Waals surface area (Å²) in [4.78, 5) is 14.1. The molecule has 2 rings (SSSR count). The largest absolute Gasteiger partial charge is 0.444 e. The molecule has 0 radical (unpaired) electrons. The van der Waals surface area contributed by atoms with E-state index in [0.717, 1.165) is 38.8 Å². The van der Waals surface area contributed by atoms with Gasteiger partial charge in [0.05, 0.1) is 6.10 Å². The fourth-order valence-electron chi connectivity index (χ4n) is 2.90. The Bertz CT molecular complexity index is 399. The lowest BCUT2D eigenvalue weighted by atomic mass is 9.64. The first-order valence-corrected chi connectivity index (χ1v) is 8.52. The average molecular weight is 312 g/mol. The normalized spacial score (nSPS) is 27.2. The number of aliphatic hydroxyl groups excluding tert-OH is 1. The number of amides is 1. The Hall–Kier alpha value is -0.810. The van der Waals surface area contributed by atoms with E-state index in [-0.39, 0.29) is 17.6 Å². The van der Waals surface area contributed by atoms with Crippen molar-refractivity contribution in [3.63, 3.8) is 0 Å². The third kappa shape index (κ3) is 4.35. The second-order valence-corrected chi connectivity index (χ2v) is 8.34. The predicted octanol–water partition coefficient (Wildman–Crippen LogP) is 2.53. The van der Waals surface area contributed by atoms with Crippen molar-refractivity contribution in [1.82, 2.24) is 10.2 Å². The fourth-order valence-corrected chi connectivity index (χ4v) is 2.90. The van der Waals surface area contributed by atoms with E-state index in [0.29, 0.717) is 12.1 Å². The predicted molar refractivity (Wildman–Crippen MR) is 86.8 cm³/mol. The van der Waals surface area contributed by atoms with Gasteiger partial charge in [0.2, 0.25) is 0 Å². The smallest absolute Gasteiger partial charge is 0.410 e. The minimum absolute atomic E-state index is 0.0403. The van der Waals surface area contributed by atoms with Crippen molar-refractivity contribution in [3.05, 3.63) is 0 Å². The molecule has 2 aliphatic carbocycles. The highest BCUT2D eigenvalue weighted by Crippen LogP contribution is 2.40. The first kappa shape index (κ1) is 17.5. The van der Waals surface area contributed by atoms with Crippen LogP contribution in [0.4, 0.5) is 4.79 Å². The van der Waals surface area contributed by atoms with Crippen LogP contribution in [0, 0.1) is 5.41 Å². The maximum Gasteiger partial charge on any atom is 0.410 e. The highest BCUT2D eigenvalue weighted by molar-refractivity contribution is 5.69. The van der Waals surface area contributed by atoms with Crippen molar-refractivity contribution in [1.29, 1.82) is 0 Å². The van der Waals surface area contributed by atoms with E-state index < -0.39 is 5.60 Å². The van der Waals surface area contributed by atoms with E-state index in [4.69, 9.17) is 4.74 Å². The summed E-state index contributed by atoms with van der Waals surface area (Å²) in [6.45, 7) is 11.5. The van der Waals surface area contributed by atoms with Gasteiger partial charge in [0, 0.05) is 24.0 Å². The van der Waals surface area contributed by atoms with Crippen molar-refractivity contribution >= 4 is 6.09 Å². The Morgan fingerprint density at radius 2 is 2.00 bits per heavy atom. The van der Waals surface area contributed by atoms with Gasteiger partial charge in [-0.2, -0.15) is 0 Å². The molecule has 0 bridgehead atoms. The Balaban J connectivity index is 1.71. The number of hydrogen-bond acceptors (Lipinski definition) is 4. The molecule has 0 aromatic rings. The van der Waals surface area contributed by atoms with Gasteiger partial charge >= 0.3 is 6.09 Å². The fraction of sp³-hybridized carbons (Fsp3) is 0.941. The molecule has 0 aromatic heterocycles. The number of carbonyl (C=O) groups is 1. The standard InChI is InChI=1S/C17H32N2O3/c1-16(2,3)22-15(21)19(12-7-8-12)10-6-9-18-13-11-14(20)17(13,4)5/h12-14,18,20H,6-11H2,1-5H3. The summed E-state index contributed by atoms with van der Waals surface area (Å²) in [5, 5.41) is 13.2. The Morgan fingerprint density at radius 1 is 1.36 bits per heavy atom. The molecule has 22 heavy (non-hydrogen) atoms. The molecule has 2 saturated carbocycles. The van der Waals surface area contributed by atoms with Gasteiger partial charge in [-0.05, 0) is 53.0 Å². The summed E-state index contributed by atoms with van der Waals surface area (Å²) in [6.07, 6.45) is 3.54. The third-order valence-corrected chi connectivity index (χ3v) is 4.80. The van der Waals surface area contributed by atoms with Gasteiger partial charge in [0.25, 0.3) is 0 Å². The third-order valence-electron chi connectivity index (χ3n) is 4.80. The maximum absolute atomic E-state index is 12.2. The summed E-state index contributed by atoms with van der Waals surface area (Å²) in [5.74, 6) is 0. The molecule has 0 aromatic carbocycles. The van der Waals surface area contributed by atoms with Crippen LogP contribution < -0.4 is 5.32 Å². The van der Waals surface area contributed by atoms with E-state index in [9.17, 15) is 9.90 Å². The number of hydrogen-bond donors (Lipinski definition) is 2. The van der Waals surface area contributed by atoms with Crippen LogP contribution in [0.1, 0.15) is 60.3 Å². The Labute approximate surface area is 134 Å². The minimum atomic E-state index is -0.436. The first-order chi connectivity index (χ1) is 10.1. The van der Waals surface area contributed by atoms with Crippen molar-refractivity contribution in [2.45, 2.75) is 84.1 Å². The number of rotatable bonds is 6. The van der Waals surface area contributed by atoms with Crippen molar-refractivity contribution in [3.8, 4) is 0 Å². The molecule has 0 saturated heterocycles. The molecule has 0 spiro atoms. The average Bonchev–Trinajstić information content (AvgIpc) is 3.19. The van der Waals surface area contributed by atoms with Gasteiger partial charge in [-0.25, -0.2) is 4.79 Å². The van der Waals surface area contributed by atoms with Gasteiger partial charge < -0.3 is 20.1 Å². The van der Waals surface area contributed by atoms with E-state index in [1.54, 1.807) is 0 Å². The zero-order valence-corrected chi connectivity index (χ0v) is 14.7. The first-order valence-electron chi connectivity index (χ1n) is 8.52. The molecule has 2 fully saturated rings. The zero-order valence-electron chi connectivity index (χ0n) is 14.7. The van der Waals surface area contributed by atoms with Crippen LogP contribution in [0.5, 0.6) is 0 Å². The number of nitrogens with one attached hydrogen (secondary N) is 1. The van der Waals surface area contributed by atoms with Crippen molar-refractivity contribution in [2.75, 3.05) is 13.1 Å². The lowest BCUT2D eigenvalue weighted by Gasteiger charge is -2.49. The molecule has 0 heterocycles. The van der Waals surface area contributed by atoms with Crippen LogP contribution in [-0.4, -0.2) is 53.0 Å². The second-order valence-electron chi connectivity index (χ2n) is 8.34. The van der Waals surface area contributed by atoms with Gasteiger partial charge in [0.15, 0.2) is 0 Å². The summed E-state index contributed by atoms with van der Waals surface area (Å²) in [5.41, 5.74) is -0.476. The van der Waals surface area contributed by atoms with Crippen LogP contribution in [0.2, 0.25) is 0 Å². The SMILES string of the molecule is CC(C)(C)OC(=O)N(CCCNC1CC(O)C1(C)C)C1CC1. The Morgan fingerprint density at radius 3 is 2.45 bits per heavy atom. The summed E-state index contributed by atoms with van der Waals surface area (Å²) >= 11 is 0. The second kappa shape index (κ2) is 6.36. The number of ether oxygens (including phenoxy) is 1. The maximum atomic E-state index is 12.2. The molecule has 2 N–H and O–H groups in total. The van der Waals surface area contributed by atoms with Gasteiger partial charge in [-0.3, -0.25) is 0 Å². The lowest BCUT2D eigenvalue weighted by molar-refractivity contribution is -0.0723. The quantitative estimate of drug-likeness (QED) is 0.740. The highest BCUT2D eigenvalue weighted by atomic mass is 16.6. The van der Waals surface area contributed by atoms with Crippen LogP contribution >= 0.6 is 0 Å². The molecule has 5 nitrogen and oxygen atoms in total. The van der Waals surface area contributed by atoms with E-state index in [1.807, 2.05) is 25.7 Å². The van der Waals surface area contributed by atoms with Gasteiger partial charge in [-0.1, -0.05) is 13.8 Å². The molecule has 0 aliphatic heterocycles. The van der Waals surface area contributed by atoms with Crippen LogP contribution in [0.3, 0.4) is 0 Å². The number of aliphatic hydroxyl groups is 1.